The van der Waals surface area contributed by atoms with Gasteiger partial charge in [-0.3, -0.25) is 0 Å². The maximum absolute atomic E-state index is 12.6. The monoisotopic (exact) mass is 211 g/mol. The van der Waals surface area contributed by atoms with E-state index in [1.54, 1.807) is 0 Å². The highest BCUT2D eigenvalue weighted by Crippen LogP contribution is 2.12. The summed E-state index contributed by atoms with van der Waals surface area (Å²) in [4.78, 5) is 0. The van der Waals surface area contributed by atoms with Crippen LogP contribution >= 0.6 is 12.4 Å². The van der Waals surface area contributed by atoms with Crippen molar-refractivity contribution in [1.29, 1.82) is 0 Å². The van der Waals surface area contributed by atoms with E-state index in [2.05, 4.69) is 5.16 Å². The Morgan fingerprint density at radius 1 is 1.15 bits per heavy atom. The molecule has 0 aliphatic heterocycles. The molecule has 0 saturated carbocycles. The SMILES string of the molecule is Cl.ON=Cc1c(F)cc(F)cc1F. The summed E-state index contributed by atoms with van der Waals surface area (Å²) in [7, 11) is 0. The summed E-state index contributed by atoms with van der Waals surface area (Å²) in [5.74, 6) is -3.23. The van der Waals surface area contributed by atoms with Crippen LogP contribution in [0.4, 0.5) is 13.2 Å². The molecule has 1 rings (SSSR count). The Labute approximate surface area is 78.1 Å². The Morgan fingerprint density at radius 2 is 1.62 bits per heavy atom. The first-order valence-corrected chi connectivity index (χ1v) is 2.97. The zero-order valence-electron chi connectivity index (χ0n) is 6.17. The average Bonchev–Trinajstić information content (AvgIpc) is 1.96. The molecular weight excluding hydrogens is 207 g/mol. The molecule has 0 bridgehead atoms. The van der Waals surface area contributed by atoms with Crippen LogP contribution in [0, 0.1) is 17.5 Å². The summed E-state index contributed by atoms with van der Waals surface area (Å²) >= 11 is 0. The Kier molecular flexibility index (Phi) is 4.27. The van der Waals surface area contributed by atoms with Crippen molar-refractivity contribution in [2.24, 2.45) is 5.16 Å². The molecule has 0 radical (unpaired) electrons. The van der Waals surface area contributed by atoms with Gasteiger partial charge in [0.05, 0.1) is 11.8 Å². The molecule has 1 N–H and O–H groups in total. The highest BCUT2D eigenvalue weighted by Gasteiger charge is 2.08. The molecule has 0 saturated heterocycles. The van der Waals surface area contributed by atoms with Crippen molar-refractivity contribution in [3.63, 3.8) is 0 Å². The van der Waals surface area contributed by atoms with Gasteiger partial charge in [0, 0.05) is 12.1 Å². The second-order valence-corrected chi connectivity index (χ2v) is 2.03. The highest BCUT2D eigenvalue weighted by atomic mass is 35.5. The zero-order valence-corrected chi connectivity index (χ0v) is 6.99. The second kappa shape index (κ2) is 4.71. The van der Waals surface area contributed by atoms with Gasteiger partial charge < -0.3 is 5.21 Å². The third kappa shape index (κ3) is 2.62. The molecule has 0 aliphatic carbocycles. The maximum Gasteiger partial charge on any atom is 0.137 e. The van der Waals surface area contributed by atoms with Crippen LogP contribution in [-0.2, 0) is 0 Å². The molecule has 0 aromatic heterocycles. The van der Waals surface area contributed by atoms with Crippen LogP contribution in [0.3, 0.4) is 0 Å². The van der Waals surface area contributed by atoms with E-state index in [-0.39, 0.29) is 12.4 Å². The molecule has 0 heterocycles. The van der Waals surface area contributed by atoms with E-state index in [1.165, 1.54) is 0 Å². The van der Waals surface area contributed by atoms with Crippen LogP contribution in [0.25, 0.3) is 0 Å². The summed E-state index contributed by atoms with van der Waals surface area (Å²) in [5.41, 5.74) is -0.570. The fraction of sp³-hybridized carbons (Fsp3) is 0. The van der Waals surface area contributed by atoms with Crippen LogP contribution in [0.5, 0.6) is 0 Å². The van der Waals surface area contributed by atoms with Gasteiger partial charge in [-0.2, -0.15) is 0 Å². The van der Waals surface area contributed by atoms with Gasteiger partial charge in [-0.15, -0.1) is 12.4 Å². The number of oxime groups is 1. The number of hydrogen-bond acceptors (Lipinski definition) is 2. The molecule has 2 nitrogen and oxygen atoms in total. The summed E-state index contributed by atoms with van der Waals surface area (Å²) < 4.78 is 37.5. The lowest BCUT2D eigenvalue weighted by molar-refractivity contribution is 0.321. The lowest BCUT2D eigenvalue weighted by Gasteiger charge is -1.97. The molecule has 0 fully saturated rings. The molecule has 6 heteroatoms. The Hall–Kier alpha value is -1.23. The molecular formula is C7H5ClF3NO. The van der Waals surface area contributed by atoms with Crippen molar-refractivity contribution < 1.29 is 18.4 Å². The van der Waals surface area contributed by atoms with E-state index < -0.39 is 23.0 Å². The van der Waals surface area contributed by atoms with Gasteiger partial charge in [0.25, 0.3) is 0 Å². The van der Waals surface area contributed by atoms with Crippen LogP contribution in [0.15, 0.2) is 17.3 Å². The third-order valence-corrected chi connectivity index (χ3v) is 1.23. The van der Waals surface area contributed by atoms with Gasteiger partial charge in [-0.1, -0.05) is 5.16 Å². The third-order valence-electron chi connectivity index (χ3n) is 1.23. The van der Waals surface area contributed by atoms with Crippen molar-refractivity contribution in [2.45, 2.75) is 0 Å². The molecule has 1 aromatic carbocycles. The first kappa shape index (κ1) is 11.8. The predicted molar refractivity (Wildman–Crippen MR) is 42.9 cm³/mol. The summed E-state index contributed by atoms with van der Waals surface area (Å²) in [5, 5.41) is 10.4. The number of halogens is 4. The smallest absolute Gasteiger partial charge is 0.137 e. The number of benzene rings is 1. The summed E-state index contributed by atoms with van der Waals surface area (Å²) in [6, 6.07) is 1.00. The largest absolute Gasteiger partial charge is 0.411 e. The van der Waals surface area contributed by atoms with E-state index in [9.17, 15) is 13.2 Å². The van der Waals surface area contributed by atoms with Gasteiger partial charge in [0.2, 0.25) is 0 Å². The second-order valence-electron chi connectivity index (χ2n) is 2.03. The van der Waals surface area contributed by atoms with E-state index in [0.29, 0.717) is 18.3 Å². The molecule has 0 unspecified atom stereocenters. The molecule has 0 atom stereocenters. The normalized spacial score (nSPS) is 10.1. The first-order chi connectivity index (χ1) is 5.65. The minimum atomic E-state index is -1.11. The Bertz CT molecular complexity index is 307. The molecule has 0 spiro atoms. The van der Waals surface area contributed by atoms with Gasteiger partial charge in [-0.05, 0) is 0 Å². The summed E-state index contributed by atoms with van der Waals surface area (Å²) in [6.07, 6.45) is 0.560. The molecule has 72 valence electrons. The average molecular weight is 212 g/mol. The van der Waals surface area contributed by atoms with Crippen LogP contribution in [-0.4, -0.2) is 11.4 Å². The standard InChI is InChI=1S/C7H4F3NO.ClH/c8-4-1-6(9)5(3-11-12)7(10)2-4;/h1-3,12H;1H. The molecule has 13 heavy (non-hydrogen) atoms. The highest BCUT2D eigenvalue weighted by molar-refractivity contribution is 5.85. The topological polar surface area (TPSA) is 32.6 Å². The van der Waals surface area contributed by atoms with E-state index >= 15 is 0 Å². The van der Waals surface area contributed by atoms with Crippen molar-refractivity contribution in [3.05, 3.63) is 35.1 Å². The van der Waals surface area contributed by atoms with Crippen molar-refractivity contribution >= 4 is 18.6 Å². The van der Waals surface area contributed by atoms with Gasteiger partial charge in [0.15, 0.2) is 0 Å². The minimum Gasteiger partial charge on any atom is -0.411 e. The predicted octanol–water partition coefficient (Wildman–Crippen LogP) is 2.33. The number of rotatable bonds is 1. The maximum atomic E-state index is 12.6. The number of nitrogens with zero attached hydrogens (tertiary/aromatic N) is 1. The Morgan fingerprint density at radius 3 is 2.00 bits per heavy atom. The fourth-order valence-electron chi connectivity index (χ4n) is 0.734. The zero-order chi connectivity index (χ0) is 9.14. The van der Waals surface area contributed by atoms with Crippen LogP contribution < -0.4 is 0 Å². The van der Waals surface area contributed by atoms with E-state index in [0.717, 1.165) is 0 Å². The van der Waals surface area contributed by atoms with Crippen molar-refractivity contribution in [2.75, 3.05) is 0 Å². The van der Waals surface area contributed by atoms with Crippen LogP contribution in [0.2, 0.25) is 0 Å². The lowest BCUT2D eigenvalue weighted by Crippen LogP contribution is -1.95. The van der Waals surface area contributed by atoms with Crippen molar-refractivity contribution in [1.82, 2.24) is 0 Å². The molecule has 1 aromatic rings. The lowest BCUT2D eigenvalue weighted by atomic mass is 10.2. The van der Waals surface area contributed by atoms with E-state index in [4.69, 9.17) is 5.21 Å². The molecule has 0 aliphatic rings. The van der Waals surface area contributed by atoms with Crippen LogP contribution in [0.1, 0.15) is 5.56 Å². The quantitative estimate of drug-likeness (QED) is 0.432. The van der Waals surface area contributed by atoms with Crippen molar-refractivity contribution in [3.8, 4) is 0 Å². The van der Waals surface area contributed by atoms with Gasteiger partial charge >= 0.3 is 0 Å². The first-order valence-electron chi connectivity index (χ1n) is 2.97. The van der Waals surface area contributed by atoms with Gasteiger partial charge in [0.1, 0.15) is 17.5 Å². The van der Waals surface area contributed by atoms with E-state index in [1.807, 2.05) is 0 Å². The summed E-state index contributed by atoms with van der Waals surface area (Å²) in [6.45, 7) is 0. The minimum absolute atomic E-state index is 0. The van der Waals surface area contributed by atoms with Gasteiger partial charge in [-0.25, -0.2) is 13.2 Å². The number of hydrogen-bond donors (Lipinski definition) is 1. The molecule has 0 amide bonds. The Balaban J connectivity index is 0.00000144. The fourth-order valence-corrected chi connectivity index (χ4v) is 0.734.